The van der Waals surface area contributed by atoms with Crippen molar-refractivity contribution in [3.8, 4) is 0 Å². The van der Waals surface area contributed by atoms with Crippen LogP contribution in [-0.4, -0.2) is 64.7 Å². The molecular formula is C26H33N3O13S. The summed E-state index contributed by atoms with van der Waals surface area (Å²) in [6.07, 6.45) is -5.55. The van der Waals surface area contributed by atoms with Crippen LogP contribution in [0.1, 0.15) is 59.8 Å². The first kappa shape index (κ1) is 33.4. The first-order valence-electron chi connectivity index (χ1n) is 13.0. The van der Waals surface area contributed by atoms with Gasteiger partial charge in [0.15, 0.2) is 0 Å². The molecule has 17 heteroatoms. The SMILES string of the molecule is Cc1cn(C2C[C@@H](OS(=O)(=O)c3cccc([N+](=O)[O-])c3)C(COC(=O)OC(C)(C)C)O2)c(=O)n(C(=O)OC(C)(C)C)c1=O. The second-order valence-electron chi connectivity index (χ2n) is 11.6. The van der Waals surface area contributed by atoms with E-state index in [1.165, 1.54) is 6.92 Å². The average Bonchev–Trinajstić information content (AvgIpc) is 3.24. The van der Waals surface area contributed by atoms with Gasteiger partial charge in [-0.2, -0.15) is 13.0 Å². The smallest absolute Gasteiger partial charge is 0.443 e. The molecule has 0 N–H and O–H groups in total. The van der Waals surface area contributed by atoms with Gasteiger partial charge in [0.25, 0.3) is 21.4 Å². The molecule has 1 aromatic carbocycles. The highest BCUT2D eigenvalue weighted by Gasteiger charge is 2.42. The third-order valence-corrected chi connectivity index (χ3v) is 7.01. The summed E-state index contributed by atoms with van der Waals surface area (Å²) in [5, 5.41) is 11.2. The lowest BCUT2D eigenvalue weighted by Crippen LogP contribution is -2.47. The number of aromatic nitrogens is 2. The standard InChI is InChI=1S/C26H33N3O13S/c1-15-13-27(22(31)28(21(15)30)23(32)40-25(2,3)4)20-12-18(19(39-20)14-38-24(33)41-26(5,6)7)42-43(36,37)17-10-8-9-16(11-17)29(34)35/h8-11,13,18-20H,12,14H2,1-7H3/t18-,19?,20?/m1/s1. The Hall–Kier alpha value is -4.09. The third kappa shape index (κ3) is 8.48. The van der Waals surface area contributed by atoms with Gasteiger partial charge in [0.1, 0.15) is 41.1 Å². The molecule has 2 heterocycles. The van der Waals surface area contributed by atoms with Gasteiger partial charge in [-0.3, -0.25) is 23.7 Å². The average molecular weight is 628 g/mol. The fourth-order valence-corrected chi connectivity index (χ4v) is 5.04. The molecular weight excluding hydrogens is 594 g/mol. The fourth-order valence-electron chi connectivity index (χ4n) is 3.90. The van der Waals surface area contributed by atoms with Gasteiger partial charge < -0.3 is 18.9 Å². The number of nitro benzene ring substituents is 1. The topological polar surface area (TPSA) is 202 Å². The number of carbonyl (C=O) groups excluding carboxylic acids is 2. The normalized spacial score (nSPS) is 19.1. The Labute approximate surface area is 246 Å². The molecule has 43 heavy (non-hydrogen) atoms. The van der Waals surface area contributed by atoms with Crippen molar-refractivity contribution in [1.29, 1.82) is 0 Å². The molecule has 0 spiro atoms. The van der Waals surface area contributed by atoms with Crippen LogP contribution in [0.4, 0.5) is 15.3 Å². The van der Waals surface area contributed by atoms with E-state index in [1.54, 1.807) is 41.5 Å². The van der Waals surface area contributed by atoms with Gasteiger partial charge in [0.2, 0.25) is 0 Å². The summed E-state index contributed by atoms with van der Waals surface area (Å²) in [4.78, 5) is 60.8. The lowest BCUT2D eigenvalue weighted by Gasteiger charge is -2.22. The zero-order valence-electron chi connectivity index (χ0n) is 24.6. The highest BCUT2D eigenvalue weighted by molar-refractivity contribution is 7.86. The van der Waals surface area contributed by atoms with E-state index < -0.39 is 85.4 Å². The maximum Gasteiger partial charge on any atom is 0.508 e. The van der Waals surface area contributed by atoms with Gasteiger partial charge in [-0.25, -0.2) is 14.4 Å². The number of ether oxygens (including phenoxy) is 4. The van der Waals surface area contributed by atoms with Crippen LogP contribution in [0.15, 0.2) is 44.9 Å². The highest BCUT2D eigenvalue weighted by Crippen LogP contribution is 2.33. The van der Waals surface area contributed by atoms with Crippen molar-refractivity contribution in [2.75, 3.05) is 6.61 Å². The molecule has 1 aromatic heterocycles. The van der Waals surface area contributed by atoms with Crippen molar-refractivity contribution in [2.45, 2.75) is 89.4 Å². The van der Waals surface area contributed by atoms with Crippen LogP contribution in [0.5, 0.6) is 0 Å². The second kappa shape index (κ2) is 12.3. The van der Waals surface area contributed by atoms with E-state index in [1.807, 2.05) is 0 Å². The summed E-state index contributed by atoms with van der Waals surface area (Å²) < 4.78 is 54.0. The van der Waals surface area contributed by atoms with Crippen LogP contribution in [0.2, 0.25) is 0 Å². The van der Waals surface area contributed by atoms with Gasteiger partial charge in [0, 0.05) is 30.3 Å². The number of nitro groups is 1. The maximum absolute atomic E-state index is 13.3. The molecule has 1 fully saturated rings. The van der Waals surface area contributed by atoms with Crippen LogP contribution in [0.25, 0.3) is 0 Å². The molecule has 2 aromatic rings. The van der Waals surface area contributed by atoms with Gasteiger partial charge in [-0.05, 0) is 54.5 Å². The van der Waals surface area contributed by atoms with E-state index >= 15 is 0 Å². The zero-order valence-corrected chi connectivity index (χ0v) is 25.4. The van der Waals surface area contributed by atoms with Crippen LogP contribution in [-0.2, 0) is 33.2 Å². The molecule has 1 saturated heterocycles. The quantitative estimate of drug-likeness (QED) is 0.188. The van der Waals surface area contributed by atoms with E-state index in [2.05, 4.69) is 0 Å². The number of rotatable bonds is 7. The number of carbonyl (C=O) groups is 2. The van der Waals surface area contributed by atoms with E-state index in [9.17, 15) is 37.7 Å². The van der Waals surface area contributed by atoms with Crippen molar-refractivity contribution in [3.63, 3.8) is 0 Å². The van der Waals surface area contributed by atoms with E-state index in [4.69, 9.17) is 23.1 Å². The summed E-state index contributed by atoms with van der Waals surface area (Å²) in [6, 6.07) is 4.15. The van der Waals surface area contributed by atoms with Crippen molar-refractivity contribution in [3.05, 3.63) is 67.0 Å². The number of hydrogen-bond donors (Lipinski definition) is 0. The Kier molecular flexibility index (Phi) is 9.52. The summed E-state index contributed by atoms with van der Waals surface area (Å²) >= 11 is 0. The number of hydrogen-bond acceptors (Lipinski definition) is 13. The highest BCUT2D eigenvalue weighted by atomic mass is 32.2. The van der Waals surface area contributed by atoms with Crippen LogP contribution in [0, 0.1) is 17.0 Å². The Morgan fingerprint density at radius 3 is 2.30 bits per heavy atom. The molecule has 0 radical (unpaired) electrons. The molecule has 1 aliphatic heterocycles. The fraction of sp³-hybridized carbons (Fsp3) is 0.538. The summed E-state index contributed by atoms with van der Waals surface area (Å²) in [7, 11) is -4.65. The Bertz CT molecular complexity index is 1630. The molecule has 236 valence electrons. The second-order valence-corrected chi connectivity index (χ2v) is 13.2. The van der Waals surface area contributed by atoms with Crippen molar-refractivity contribution in [2.24, 2.45) is 0 Å². The summed E-state index contributed by atoms with van der Waals surface area (Å²) in [6.45, 7) is 10.2. The van der Waals surface area contributed by atoms with Crippen LogP contribution in [0.3, 0.4) is 0 Å². The van der Waals surface area contributed by atoms with Crippen molar-refractivity contribution in [1.82, 2.24) is 9.13 Å². The summed E-state index contributed by atoms with van der Waals surface area (Å²) in [5.41, 5.74) is -4.54. The minimum Gasteiger partial charge on any atom is -0.443 e. The summed E-state index contributed by atoms with van der Waals surface area (Å²) in [5.74, 6) is 0. The van der Waals surface area contributed by atoms with Gasteiger partial charge >= 0.3 is 17.9 Å². The molecule has 3 atom stereocenters. The third-order valence-electron chi connectivity index (χ3n) is 5.67. The molecule has 2 unspecified atom stereocenters. The number of benzene rings is 1. The van der Waals surface area contributed by atoms with E-state index in [-0.39, 0.29) is 16.6 Å². The molecule has 3 rings (SSSR count). The lowest BCUT2D eigenvalue weighted by atomic mass is 10.2. The predicted molar refractivity (Wildman–Crippen MR) is 147 cm³/mol. The number of non-ortho nitro benzene ring substituents is 1. The van der Waals surface area contributed by atoms with Crippen molar-refractivity contribution < 1.29 is 46.1 Å². The minimum atomic E-state index is -4.65. The van der Waals surface area contributed by atoms with Crippen LogP contribution < -0.4 is 11.2 Å². The van der Waals surface area contributed by atoms with Crippen molar-refractivity contribution >= 4 is 28.1 Å². The monoisotopic (exact) mass is 627 g/mol. The van der Waals surface area contributed by atoms with E-state index in [0.29, 0.717) is 0 Å². The van der Waals surface area contributed by atoms with Crippen LogP contribution >= 0.6 is 0 Å². The first-order valence-corrected chi connectivity index (χ1v) is 14.4. The molecule has 0 amide bonds. The number of aryl methyl sites for hydroxylation is 1. The Morgan fingerprint density at radius 1 is 1.09 bits per heavy atom. The number of nitrogens with zero attached hydrogens (tertiary/aromatic N) is 3. The maximum atomic E-state index is 13.3. The Balaban J connectivity index is 1.99. The predicted octanol–water partition coefficient (Wildman–Crippen LogP) is 3.02. The van der Waals surface area contributed by atoms with Gasteiger partial charge in [-0.15, -0.1) is 0 Å². The minimum absolute atomic E-state index is 0.0378. The van der Waals surface area contributed by atoms with Gasteiger partial charge in [0.05, 0.1) is 4.92 Å². The molecule has 0 saturated carbocycles. The molecule has 16 nitrogen and oxygen atoms in total. The zero-order chi connectivity index (χ0) is 32.5. The lowest BCUT2D eigenvalue weighted by molar-refractivity contribution is -0.385. The molecule has 0 aliphatic carbocycles. The largest absolute Gasteiger partial charge is 0.508 e. The first-order chi connectivity index (χ1) is 19.7. The Morgan fingerprint density at radius 2 is 1.72 bits per heavy atom. The van der Waals surface area contributed by atoms with E-state index in [0.717, 1.165) is 35.0 Å². The molecule has 1 aliphatic rings. The molecule has 0 bridgehead atoms. The van der Waals surface area contributed by atoms with Gasteiger partial charge in [-0.1, -0.05) is 6.07 Å².